The molecule has 1 N–H and O–H groups in total. The summed E-state index contributed by atoms with van der Waals surface area (Å²) in [5, 5.41) is 2.32. The summed E-state index contributed by atoms with van der Waals surface area (Å²) in [6, 6.07) is 0. The molecule has 1 aliphatic rings. The molecule has 6 heteroatoms. The van der Waals surface area contributed by atoms with Crippen LogP contribution < -0.4 is 5.32 Å². The third kappa shape index (κ3) is 1.96. The van der Waals surface area contributed by atoms with E-state index in [1.54, 1.807) is 0 Å². The third-order valence-electron chi connectivity index (χ3n) is 1.61. The number of rotatable bonds is 0. The second-order valence-corrected chi connectivity index (χ2v) is 2.39. The molecule has 0 aromatic rings. The Balaban J connectivity index is 0.000001000. The molecule has 1 atom stereocenters. The summed E-state index contributed by atoms with van der Waals surface area (Å²) in [5.41, 5.74) is -2.98. The lowest BCUT2D eigenvalue weighted by Crippen LogP contribution is -2.42. The molecule has 1 heterocycles. The first-order valence-electron chi connectivity index (χ1n) is 2.92. The quantitative estimate of drug-likeness (QED) is 0.577. The first kappa shape index (κ1) is 11.0. The van der Waals surface area contributed by atoms with Crippen LogP contribution in [0.2, 0.25) is 0 Å². The van der Waals surface area contributed by atoms with Gasteiger partial charge in [0, 0.05) is 13.0 Å². The highest BCUT2D eigenvalue weighted by Crippen LogP contribution is 2.37. The molecule has 0 spiro atoms. The number of hydrogen-bond donors (Lipinski definition) is 1. The summed E-state index contributed by atoms with van der Waals surface area (Å²) < 4.78 is 47.8. The molecule has 0 aromatic heterocycles. The van der Waals surface area contributed by atoms with Gasteiger partial charge in [0.15, 0.2) is 0 Å². The van der Waals surface area contributed by atoms with E-state index in [-0.39, 0.29) is 19.0 Å². The standard InChI is InChI=1S/C5H7F4N.ClH/c6-4(5(7,8)9)1-2-10-3-4;/h10H,1-3H2;1H. The van der Waals surface area contributed by atoms with E-state index >= 15 is 0 Å². The van der Waals surface area contributed by atoms with E-state index in [9.17, 15) is 17.6 Å². The lowest BCUT2D eigenvalue weighted by atomic mass is 10.1. The molecule has 1 nitrogen and oxygen atoms in total. The van der Waals surface area contributed by atoms with Gasteiger partial charge in [-0.1, -0.05) is 0 Å². The minimum atomic E-state index is -4.71. The molecule has 1 unspecified atom stereocenters. The summed E-state index contributed by atoms with van der Waals surface area (Å²) in [5.74, 6) is 0. The summed E-state index contributed by atoms with van der Waals surface area (Å²) in [6.07, 6.45) is -5.17. The maximum Gasteiger partial charge on any atom is 0.423 e. The van der Waals surface area contributed by atoms with E-state index in [0.717, 1.165) is 0 Å². The van der Waals surface area contributed by atoms with Crippen molar-refractivity contribution in [3.05, 3.63) is 0 Å². The number of alkyl halides is 4. The van der Waals surface area contributed by atoms with Gasteiger partial charge in [-0.2, -0.15) is 13.2 Å². The molecule has 0 aromatic carbocycles. The molecule has 0 bridgehead atoms. The van der Waals surface area contributed by atoms with Crippen molar-refractivity contribution >= 4 is 12.4 Å². The molecule has 11 heavy (non-hydrogen) atoms. The van der Waals surface area contributed by atoms with Crippen molar-refractivity contribution in [2.24, 2.45) is 0 Å². The highest BCUT2D eigenvalue weighted by molar-refractivity contribution is 5.85. The Bertz CT molecular complexity index is 129. The largest absolute Gasteiger partial charge is 0.423 e. The summed E-state index contributed by atoms with van der Waals surface area (Å²) in [7, 11) is 0. The number of hydrogen-bond acceptors (Lipinski definition) is 1. The van der Waals surface area contributed by atoms with Gasteiger partial charge in [0.2, 0.25) is 5.67 Å². The molecule has 0 amide bonds. The maximum atomic E-state index is 12.6. The molecule has 0 radical (unpaired) electrons. The fourth-order valence-electron chi connectivity index (χ4n) is 0.903. The first-order valence-corrected chi connectivity index (χ1v) is 2.92. The van der Waals surface area contributed by atoms with Gasteiger partial charge in [0.25, 0.3) is 0 Å². The van der Waals surface area contributed by atoms with Crippen molar-refractivity contribution < 1.29 is 17.6 Å². The summed E-state index contributed by atoms with van der Waals surface area (Å²) >= 11 is 0. The molecule has 0 aliphatic carbocycles. The van der Waals surface area contributed by atoms with Crippen molar-refractivity contribution in [2.75, 3.05) is 13.1 Å². The Kier molecular flexibility index (Phi) is 3.14. The van der Waals surface area contributed by atoms with Crippen molar-refractivity contribution in [1.82, 2.24) is 5.32 Å². The fourth-order valence-corrected chi connectivity index (χ4v) is 0.903. The van der Waals surface area contributed by atoms with Crippen LogP contribution in [0.25, 0.3) is 0 Å². The van der Waals surface area contributed by atoms with Crippen molar-refractivity contribution in [3.63, 3.8) is 0 Å². The molecule has 0 saturated carbocycles. The SMILES string of the molecule is Cl.FC(F)(F)C1(F)CCNC1. The van der Waals surface area contributed by atoms with E-state index in [1.165, 1.54) is 0 Å². The Labute approximate surface area is 67.6 Å². The van der Waals surface area contributed by atoms with Crippen LogP contribution in [0.5, 0.6) is 0 Å². The summed E-state index contributed by atoms with van der Waals surface area (Å²) in [4.78, 5) is 0. The van der Waals surface area contributed by atoms with Crippen LogP contribution in [-0.4, -0.2) is 24.9 Å². The van der Waals surface area contributed by atoms with Gasteiger partial charge in [0.1, 0.15) is 0 Å². The molecule has 68 valence electrons. The van der Waals surface area contributed by atoms with Gasteiger partial charge in [-0.15, -0.1) is 12.4 Å². The van der Waals surface area contributed by atoms with Crippen LogP contribution in [0.4, 0.5) is 17.6 Å². The van der Waals surface area contributed by atoms with Crippen LogP contribution in [0.15, 0.2) is 0 Å². The van der Waals surface area contributed by atoms with Gasteiger partial charge in [-0.05, 0) is 6.54 Å². The Morgan fingerprint density at radius 2 is 1.82 bits per heavy atom. The number of halogens is 5. The minimum absolute atomic E-state index is 0. The Morgan fingerprint density at radius 3 is 2.00 bits per heavy atom. The second-order valence-electron chi connectivity index (χ2n) is 2.39. The van der Waals surface area contributed by atoms with Gasteiger partial charge < -0.3 is 5.32 Å². The number of nitrogens with one attached hydrogen (secondary N) is 1. The average Bonchev–Trinajstić information content (AvgIpc) is 2.13. The molecular formula is C5H8ClF4N. The zero-order valence-corrected chi connectivity index (χ0v) is 6.36. The van der Waals surface area contributed by atoms with Crippen molar-refractivity contribution in [2.45, 2.75) is 18.3 Å². The Hall–Kier alpha value is -0.0300. The van der Waals surface area contributed by atoms with E-state index < -0.39 is 24.8 Å². The molecule has 1 saturated heterocycles. The molecule has 1 rings (SSSR count). The lowest BCUT2D eigenvalue weighted by Gasteiger charge is -2.20. The lowest BCUT2D eigenvalue weighted by molar-refractivity contribution is -0.222. The monoisotopic (exact) mass is 193 g/mol. The summed E-state index contributed by atoms with van der Waals surface area (Å²) in [6.45, 7) is -0.494. The fraction of sp³-hybridized carbons (Fsp3) is 1.00. The zero-order valence-electron chi connectivity index (χ0n) is 5.54. The van der Waals surface area contributed by atoms with E-state index in [4.69, 9.17) is 0 Å². The Morgan fingerprint density at radius 1 is 1.27 bits per heavy atom. The topological polar surface area (TPSA) is 12.0 Å². The van der Waals surface area contributed by atoms with Crippen LogP contribution >= 0.6 is 12.4 Å². The predicted molar refractivity (Wildman–Crippen MR) is 34.6 cm³/mol. The van der Waals surface area contributed by atoms with Gasteiger partial charge >= 0.3 is 6.18 Å². The van der Waals surface area contributed by atoms with Crippen LogP contribution in [0.3, 0.4) is 0 Å². The highest BCUT2D eigenvalue weighted by Gasteiger charge is 2.57. The average molecular weight is 194 g/mol. The second kappa shape index (κ2) is 3.15. The first-order chi connectivity index (χ1) is 4.46. The normalized spacial score (nSPS) is 31.6. The zero-order chi connectivity index (χ0) is 7.83. The van der Waals surface area contributed by atoms with Crippen molar-refractivity contribution in [1.29, 1.82) is 0 Å². The van der Waals surface area contributed by atoms with Crippen LogP contribution in [0.1, 0.15) is 6.42 Å². The molecule has 1 aliphatic heterocycles. The smallest absolute Gasteiger partial charge is 0.313 e. The van der Waals surface area contributed by atoms with E-state index in [1.807, 2.05) is 0 Å². The van der Waals surface area contributed by atoms with Crippen LogP contribution in [0, 0.1) is 0 Å². The van der Waals surface area contributed by atoms with E-state index in [0.29, 0.717) is 0 Å². The van der Waals surface area contributed by atoms with Gasteiger partial charge in [-0.25, -0.2) is 4.39 Å². The van der Waals surface area contributed by atoms with Gasteiger partial charge in [0.05, 0.1) is 0 Å². The maximum absolute atomic E-state index is 12.6. The highest BCUT2D eigenvalue weighted by atomic mass is 35.5. The third-order valence-corrected chi connectivity index (χ3v) is 1.61. The van der Waals surface area contributed by atoms with Crippen molar-refractivity contribution in [3.8, 4) is 0 Å². The van der Waals surface area contributed by atoms with Gasteiger partial charge in [-0.3, -0.25) is 0 Å². The molecular weight excluding hydrogens is 186 g/mol. The predicted octanol–water partition coefficient (Wildman–Crippen LogP) is 1.67. The van der Waals surface area contributed by atoms with E-state index in [2.05, 4.69) is 5.32 Å². The minimum Gasteiger partial charge on any atom is -0.313 e. The van der Waals surface area contributed by atoms with Crippen LogP contribution in [-0.2, 0) is 0 Å². The molecule has 1 fully saturated rings.